The topological polar surface area (TPSA) is 94.2 Å². The number of nitrogens with one attached hydrogen (secondary N) is 1. The zero-order chi connectivity index (χ0) is 24.0. The van der Waals surface area contributed by atoms with E-state index in [4.69, 9.17) is 14.2 Å². The summed E-state index contributed by atoms with van der Waals surface area (Å²) in [4.78, 5) is 12.6. The molecule has 0 bridgehead atoms. The minimum Gasteiger partial charge on any atom is -0.484 e. The molecule has 178 valence electrons. The van der Waals surface area contributed by atoms with Crippen molar-refractivity contribution in [1.82, 2.24) is 4.31 Å². The van der Waals surface area contributed by atoms with Gasteiger partial charge in [-0.2, -0.15) is 4.31 Å². The van der Waals surface area contributed by atoms with E-state index in [0.717, 1.165) is 0 Å². The number of para-hydroxylation sites is 1. The maximum Gasteiger partial charge on any atom is 0.262 e. The highest BCUT2D eigenvalue weighted by molar-refractivity contribution is 7.89. The molecule has 4 rings (SSSR count). The van der Waals surface area contributed by atoms with Crippen molar-refractivity contribution in [3.05, 3.63) is 78.6 Å². The van der Waals surface area contributed by atoms with Gasteiger partial charge in [0.2, 0.25) is 10.0 Å². The number of amides is 1. The summed E-state index contributed by atoms with van der Waals surface area (Å²) in [7, 11) is -3.79. The first-order valence-electron chi connectivity index (χ1n) is 10.5. The van der Waals surface area contributed by atoms with Gasteiger partial charge in [0.1, 0.15) is 17.3 Å². The number of ether oxygens (including phenoxy) is 3. The molecule has 1 N–H and O–H groups in total. The predicted molar refractivity (Wildman–Crippen MR) is 123 cm³/mol. The lowest BCUT2D eigenvalue weighted by atomic mass is 10.2. The standard InChI is InChI=1S/C24H23FN2O6S/c25-18-6-8-19(9-7-18)32-17-24(28)26-22-16-21(34(29,30)27-12-14-31-15-13-27)10-11-23(22)33-20-4-2-1-3-5-20/h1-11,16H,12-15,17H2,(H,26,28). The Kier molecular flexibility index (Phi) is 7.41. The molecular weight excluding hydrogens is 463 g/mol. The van der Waals surface area contributed by atoms with E-state index in [9.17, 15) is 17.6 Å². The van der Waals surface area contributed by atoms with Gasteiger partial charge in [0, 0.05) is 13.1 Å². The number of carbonyl (C=O) groups is 1. The molecule has 0 spiro atoms. The maximum atomic E-state index is 13.1. The smallest absolute Gasteiger partial charge is 0.262 e. The van der Waals surface area contributed by atoms with Crippen molar-refractivity contribution in [2.75, 3.05) is 38.2 Å². The second-order valence-corrected chi connectivity index (χ2v) is 9.32. The first kappa shape index (κ1) is 23.7. The molecule has 3 aromatic rings. The SMILES string of the molecule is O=C(COc1ccc(F)cc1)Nc1cc(S(=O)(=O)N2CCOCC2)ccc1Oc1ccccc1. The molecule has 34 heavy (non-hydrogen) atoms. The van der Waals surface area contributed by atoms with Gasteiger partial charge >= 0.3 is 0 Å². The number of anilines is 1. The lowest BCUT2D eigenvalue weighted by Crippen LogP contribution is -2.40. The molecule has 3 aromatic carbocycles. The van der Waals surface area contributed by atoms with E-state index in [1.54, 1.807) is 24.3 Å². The van der Waals surface area contributed by atoms with Crippen molar-refractivity contribution >= 4 is 21.6 Å². The van der Waals surface area contributed by atoms with Gasteiger partial charge in [0.15, 0.2) is 12.4 Å². The number of rotatable bonds is 8. The quantitative estimate of drug-likeness (QED) is 0.522. The molecule has 1 heterocycles. The van der Waals surface area contributed by atoms with Crippen LogP contribution in [0, 0.1) is 5.82 Å². The zero-order valence-electron chi connectivity index (χ0n) is 18.1. The molecule has 0 aliphatic carbocycles. The van der Waals surface area contributed by atoms with Gasteiger partial charge in [0.05, 0.1) is 23.8 Å². The molecule has 0 atom stereocenters. The summed E-state index contributed by atoms with van der Waals surface area (Å²) in [6, 6.07) is 18.4. The lowest BCUT2D eigenvalue weighted by molar-refractivity contribution is -0.118. The lowest BCUT2D eigenvalue weighted by Gasteiger charge is -2.26. The fourth-order valence-corrected chi connectivity index (χ4v) is 4.71. The largest absolute Gasteiger partial charge is 0.484 e. The molecule has 1 amide bonds. The number of halogens is 1. The highest BCUT2D eigenvalue weighted by atomic mass is 32.2. The average molecular weight is 487 g/mol. The van der Waals surface area contributed by atoms with Crippen LogP contribution in [0.15, 0.2) is 77.7 Å². The van der Waals surface area contributed by atoms with Crippen LogP contribution in [0.1, 0.15) is 0 Å². The summed E-state index contributed by atoms with van der Waals surface area (Å²) in [6.45, 7) is 0.768. The fraction of sp³-hybridized carbons (Fsp3) is 0.208. The molecular formula is C24H23FN2O6S. The normalized spacial score (nSPS) is 14.4. The number of hydrogen-bond acceptors (Lipinski definition) is 6. The van der Waals surface area contributed by atoms with E-state index in [-0.39, 0.29) is 36.0 Å². The van der Waals surface area contributed by atoms with Crippen molar-refractivity contribution in [2.45, 2.75) is 4.90 Å². The molecule has 1 fully saturated rings. The number of nitrogens with zero attached hydrogens (tertiary/aromatic N) is 1. The highest BCUT2D eigenvalue weighted by Gasteiger charge is 2.27. The van der Waals surface area contributed by atoms with Crippen molar-refractivity contribution in [2.24, 2.45) is 0 Å². The average Bonchev–Trinajstić information content (AvgIpc) is 2.86. The second-order valence-electron chi connectivity index (χ2n) is 7.38. The molecule has 0 unspecified atom stereocenters. The molecule has 0 saturated carbocycles. The van der Waals surface area contributed by atoms with Gasteiger partial charge in [-0.05, 0) is 54.6 Å². The van der Waals surface area contributed by atoms with Crippen molar-refractivity contribution in [3.63, 3.8) is 0 Å². The summed E-state index contributed by atoms with van der Waals surface area (Å²) in [5.74, 6) is 0.147. The fourth-order valence-electron chi connectivity index (χ4n) is 3.27. The van der Waals surface area contributed by atoms with Gasteiger partial charge < -0.3 is 19.5 Å². The molecule has 10 heteroatoms. The van der Waals surface area contributed by atoms with Crippen LogP contribution in [0.25, 0.3) is 0 Å². The van der Waals surface area contributed by atoms with E-state index in [0.29, 0.717) is 24.7 Å². The third-order valence-corrected chi connectivity index (χ3v) is 6.88. The Morgan fingerprint density at radius 2 is 1.68 bits per heavy atom. The number of carbonyl (C=O) groups excluding carboxylic acids is 1. The van der Waals surface area contributed by atoms with Gasteiger partial charge in [-0.15, -0.1) is 0 Å². The van der Waals surface area contributed by atoms with Crippen LogP contribution >= 0.6 is 0 Å². The van der Waals surface area contributed by atoms with Gasteiger partial charge in [0.25, 0.3) is 5.91 Å². The molecule has 1 saturated heterocycles. The molecule has 0 aromatic heterocycles. The second kappa shape index (κ2) is 10.6. The number of morpholine rings is 1. The summed E-state index contributed by atoms with van der Waals surface area (Å²) >= 11 is 0. The van der Waals surface area contributed by atoms with Crippen LogP contribution in [0.5, 0.6) is 17.2 Å². The number of hydrogen-bond donors (Lipinski definition) is 1. The number of benzene rings is 3. The van der Waals surface area contributed by atoms with E-state index < -0.39 is 21.7 Å². The highest BCUT2D eigenvalue weighted by Crippen LogP contribution is 2.33. The molecule has 1 aliphatic rings. The van der Waals surface area contributed by atoms with Crippen LogP contribution < -0.4 is 14.8 Å². The third kappa shape index (κ3) is 5.90. The van der Waals surface area contributed by atoms with E-state index in [1.807, 2.05) is 6.07 Å². The summed E-state index contributed by atoms with van der Waals surface area (Å²) in [5.41, 5.74) is 0.172. The van der Waals surface area contributed by atoms with Crippen LogP contribution in [-0.4, -0.2) is 51.5 Å². The van der Waals surface area contributed by atoms with Crippen LogP contribution in [0.2, 0.25) is 0 Å². The molecule has 8 nitrogen and oxygen atoms in total. The van der Waals surface area contributed by atoms with Gasteiger partial charge in [-0.1, -0.05) is 18.2 Å². The Bertz CT molecular complexity index is 1230. The minimum atomic E-state index is -3.79. The van der Waals surface area contributed by atoms with Gasteiger partial charge in [-0.3, -0.25) is 4.79 Å². The molecule has 0 radical (unpaired) electrons. The summed E-state index contributed by atoms with van der Waals surface area (Å²) < 4.78 is 57.1. The van der Waals surface area contributed by atoms with Crippen molar-refractivity contribution in [1.29, 1.82) is 0 Å². The van der Waals surface area contributed by atoms with Crippen LogP contribution in [0.3, 0.4) is 0 Å². The predicted octanol–water partition coefficient (Wildman–Crippen LogP) is 3.66. The van der Waals surface area contributed by atoms with Crippen LogP contribution in [-0.2, 0) is 19.6 Å². The Balaban J connectivity index is 1.56. The van der Waals surface area contributed by atoms with Crippen LogP contribution in [0.4, 0.5) is 10.1 Å². The molecule has 1 aliphatic heterocycles. The summed E-state index contributed by atoms with van der Waals surface area (Å²) in [6.07, 6.45) is 0. The van der Waals surface area contributed by atoms with E-state index in [1.165, 1.54) is 46.8 Å². The van der Waals surface area contributed by atoms with E-state index >= 15 is 0 Å². The Hall–Kier alpha value is -3.47. The Morgan fingerprint density at radius 1 is 0.971 bits per heavy atom. The van der Waals surface area contributed by atoms with E-state index in [2.05, 4.69) is 5.32 Å². The Labute approximate surface area is 196 Å². The first-order chi connectivity index (χ1) is 16.4. The number of sulfonamides is 1. The summed E-state index contributed by atoms with van der Waals surface area (Å²) in [5, 5.41) is 2.66. The van der Waals surface area contributed by atoms with Crippen molar-refractivity contribution < 1.29 is 31.8 Å². The minimum absolute atomic E-state index is 0.0181. The maximum absolute atomic E-state index is 13.1. The zero-order valence-corrected chi connectivity index (χ0v) is 19.0. The third-order valence-electron chi connectivity index (χ3n) is 4.99. The van der Waals surface area contributed by atoms with Gasteiger partial charge in [-0.25, -0.2) is 12.8 Å². The Morgan fingerprint density at radius 3 is 2.38 bits per heavy atom. The first-order valence-corrected chi connectivity index (χ1v) is 12.0. The monoisotopic (exact) mass is 486 g/mol. The van der Waals surface area contributed by atoms with Crippen molar-refractivity contribution in [3.8, 4) is 17.2 Å².